The molecule has 1 heterocycles. The third-order valence-electron chi connectivity index (χ3n) is 2.39. The first-order chi connectivity index (χ1) is 8.49. The Morgan fingerprint density at radius 2 is 2.21 bits per heavy atom. The zero-order valence-electron chi connectivity index (χ0n) is 10.1. The second-order valence-electron chi connectivity index (χ2n) is 3.97. The number of halogens is 4. The van der Waals surface area contributed by atoms with Gasteiger partial charge in [-0.05, 0) is 12.8 Å². The Kier molecular flexibility index (Phi) is 5.83. The third-order valence-corrected chi connectivity index (χ3v) is 3.24. The second-order valence-corrected chi connectivity index (χ2v) is 4.91. The molecular weight excluding hydrogens is 392 g/mol. The molecule has 0 unspecified atom stereocenters. The lowest BCUT2D eigenvalue weighted by Crippen LogP contribution is -2.38. The molecular formula is C10H14F3IN4S. The van der Waals surface area contributed by atoms with Crippen LogP contribution in [0.1, 0.15) is 23.5 Å². The summed E-state index contributed by atoms with van der Waals surface area (Å²) in [5.41, 5.74) is -0.838. The average Bonchev–Trinajstić information content (AvgIpc) is 2.97. The lowest BCUT2D eigenvalue weighted by molar-refractivity contribution is -0.140. The van der Waals surface area contributed by atoms with E-state index in [9.17, 15) is 13.2 Å². The van der Waals surface area contributed by atoms with Gasteiger partial charge in [0, 0.05) is 18.5 Å². The van der Waals surface area contributed by atoms with Crippen LogP contribution in [0.15, 0.2) is 10.4 Å². The normalized spacial score (nSPS) is 15.9. The standard InChI is InChI=1S/C10H13F3N4S.HI/c1-14-9(16-6-2-3-6)15-4-8-17-7(5-18-8)10(11,12)13;/h5-6H,2-4H2,1H3,(H2,14,15,16);1H. The predicted octanol–water partition coefficient (Wildman–Crippen LogP) is 2.61. The first-order valence-corrected chi connectivity index (χ1v) is 6.36. The van der Waals surface area contributed by atoms with Gasteiger partial charge in [0.25, 0.3) is 0 Å². The smallest absolute Gasteiger partial charge is 0.354 e. The quantitative estimate of drug-likeness (QED) is 0.461. The molecule has 2 rings (SSSR count). The van der Waals surface area contributed by atoms with Crippen LogP contribution in [0, 0.1) is 0 Å². The van der Waals surface area contributed by atoms with E-state index in [1.807, 2.05) is 0 Å². The number of aromatic nitrogens is 1. The van der Waals surface area contributed by atoms with E-state index in [2.05, 4.69) is 20.6 Å². The maximum atomic E-state index is 12.3. The summed E-state index contributed by atoms with van der Waals surface area (Å²) in [6, 6.07) is 0.443. The van der Waals surface area contributed by atoms with Crippen molar-refractivity contribution in [2.75, 3.05) is 7.05 Å². The summed E-state index contributed by atoms with van der Waals surface area (Å²) in [6.45, 7) is 0.243. The van der Waals surface area contributed by atoms with Crippen molar-refractivity contribution in [2.24, 2.45) is 4.99 Å². The molecule has 1 aliphatic carbocycles. The van der Waals surface area contributed by atoms with Crippen LogP contribution >= 0.6 is 35.3 Å². The van der Waals surface area contributed by atoms with Crippen LogP contribution in [0.25, 0.3) is 0 Å². The van der Waals surface area contributed by atoms with Crippen LogP contribution < -0.4 is 10.6 Å². The largest absolute Gasteiger partial charge is 0.434 e. The van der Waals surface area contributed by atoms with Gasteiger partial charge in [0.05, 0.1) is 6.54 Å². The van der Waals surface area contributed by atoms with Crippen molar-refractivity contribution in [2.45, 2.75) is 31.6 Å². The number of nitrogens with one attached hydrogen (secondary N) is 2. The Labute approximate surface area is 129 Å². The highest BCUT2D eigenvalue weighted by atomic mass is 127. The maximum Gasteiger partial charge on any atom is 0.434 e. The van der Waals surface area contributed by atoms with E-state index in [4.69, 9.17) is 0 Å². The molecule has 1 saturated carbocycles. The summed E-state index contributed by atoms with van der Waals surface area (Å²) in [7, 11) is 1.63. The fourth-order valence-corrected chi connectivity index (χ4v) is 2.04. The Bertz CT molecular complexity index is 442. The summed E-state index contributed by atoms with van der Waals surface area (Å²) < 4.78 is 37.0. The zero-order valence-corrected chi connectivity index (χ0v) is 13.3. The van der Waals surface area contributed by atoms with E-state index in [0.717, 1.165) is 29.6 Å². The summed E-state index contributed by atoms with van der Waals surface area (Å²) in [4.78, 5) is 7.52. The number of rotatable bonds is 3. The molecule has 1 aromatic rings. The van der Waals surface area contributed by atoms with Crippen LogP contribution in [-0.4, -0.2) is 24.0 Å². The number of guanidine groups is 1. The molecule has 0 atom stereocenters. The molecule has 0 bridgehead atoms. The zero-order chi connectivity index (χ0) is 13.2. The van der Waals surface area contributed by atoms with E-state index in [1.54, 1.807) is 7.05 Å². The van der Waals surface area contributed by atoms with Gasteiger partial charge < -0.3 is 10.6 Å². The molecule has 0 amide bonds. The highest BCUT2D eigenvalue weighted by Gasteiger charge is 2.33. The molecule has 9 heteroatoms. The van der Waals surface area contributed by atoms with E-state index in [-0.39, 0.29) is 30.5 Å². The van der Waals surface area contributed by atoms with Crippen molar-refractivity contribution in [3.63, 3.8) is 0 Å². The van der Waals surface area contributed by atoms with Crippen molar-refractivity contribution < 1.29 is 13.2 Å². The molecule has 1 fully saturated rings. The molecule has 0 spiro atoms. The van der Waals surface area contributed by atoms with Gasteiger partial charge in [0.15, 0.2) is 11.7 Å². The van der Waals surface area contributed by atoms with Crippen molar-refractivity contribution in [3.05, 3.63) is 16.1 Å². The molecule has 2 N–H and O–H groups in total. The Morgan fingerprint density at radius 3 is 2.68 bits per heavy atom. The van der Waals surface area contributed by atoms with Crippen LogP contribution in [0.4, 0.5) is 13.2 Å². The Morgan fingerprint density at radius 1 is 1.53 bits per heavy atom. The summed E-state index contributed by atoms with van der Waals surface area (Å²) in [5.74, 6) is 0.598. The highest BCUT2D eigenvalue weighted by molar-refractivity contribution is 14.0. The average molecular weight is 406 g/mol. The molecule has 1 aromatic heterocycles. The van der Waals surface area contributed by atoms with Gasteiger partial charge in [-0.15, -0.1) is 35.3 Å². The van der Waals surface area contributed by atoms with Crippen LogP contribution in [0.2, 0.25) is 0 Å². The number of aliphatic imine (C=N–C) groups is 1. The van der Waals surface area contributed by atoms with E-state index >= 15 is 0 Å². The molecule has 0 aromatic carbocycles. The second kappa shape index (κ2) is 6.73. The number of hydrogen-bond donors (Lipinski definition) is 2. The fourth-order valence-electron chi connectivity index (χ4n) is 1.30. The monoisotopic (exact) mass is 406 g/mol. The van der Waals surface area contributed by atoms with Gasteiger partial charge in [-0.1, -0.05) is 0 Å². The van der Waals surface area contributed by atoms with Gasteiger partial charge in [0.2, 0.25) is 0 Å². The predicted molar refractivity (Wildman–Crippen MR) is 78.9 cm³/mol. The SMILES string of the molecule is CN=C(NCc1nc(C(F)(F)F)cs1)NC1CC1.I. The van der Waals surface area contributed by atoms with Crippen molar-refractivity contribution in [3.8, 4) is 0 Å². The first-order valence-electron chi connectivity index (χ1n) is 5.48. The van der Waals surface area contributed by atoms with Crippen LogP contribution in [-0.2, 0) is 12.7 Å². The van der Waals surface area contributed by atoms with E-state index in [0.29, 0.717) is 17.0 Å². The van der Waals surface area contributed by atoms with Crippen molar-refractivity contribution >= 4 is 41.3 Å². The van der Waals surface area contributed by atoms with Gasteiger partial charge in [0.1, 0.15) is 5.01 Å². The minimum atomic E-state index is -4.37. The van der Waals surface area contributed by atoms with E-state index in [1.165, 1.54) is 0 Å². The molecule has 0 radical (unpaired) electrons. The number of thiazole rings is 1. The highest BCUT2D eigenvalue weighted by Crippen LogP contribution is 2.29. The van der Waals surface area contributed by atoms with Crippen LogP contribution in [0.5, 0.6) is 0 Å². The maximum absolute atomic E-state index is 12.3. The number of alkyl halides is 3. The Balaban J connectivity index is 0.00000180. The van der Waals surface area contributed by atoms with Gasteiger partial charge in [-0.3, -0.25) is 4.99 Å². The molecule has 19 heavy (non-hydrogen) atoms. The van der Waals surface area contributed by atoms with Crippen molar-refractivity contribution in [1.82, 2.24) is 15.6 Å². The van der Waals surface area contributed by atoms with Gasteiger partial charge >= 0.3 is 6.18 Å². The van der Waals surface area contributed by atoms with Gasteiger partial charge in [-0.2, -0.15) is 13.2 Å². The third kappa shape index (κ3) is 5.13. The summed E-state index contributed by atoms with van der Waals surface area (Å²) in [6.07, 6.45) is -2.16. The molecule has 108 valence electrons. The summed E-state index contributed by atoms with van der Waals surface area (Å²) >= 11 is 0.987. The molecule has 0 aliphatic heterocycles. The van der Waals surface area contributed by atoms with Gasteiger partial charge in [-0.25, -0.2) is 4.98 Å². The molecule has 1 aliphatic rings. The lowest BCUT2D eigenvalue weighted by Gasteiger charge is -2.09. The minimum Gasteiger partial charge on any atom is -0.354 e. The first kappa shape index (κ1) is 16.5. The van der Waals surface area contributed by atoms with E-state index < -0.39 is 11.9 Å². The lowest BCUT2D eigenvalue weighted by atomic mass is 10.5. The van der Waals surface area contributed by atoms with Crippen LogP contribution in [0.3, 0.4) is 0 Å². The molecule has 4 nitrogen and oxygen atoms in total. The number of hydrogen-bond acceptors (Lipinski definition) is 3. The van der Waals surface area contributed by atoms with Crippen molar-refractivity contribution in [1.29, 1.82) is 0 Å². The molecule has 0 saturated heterocycles. The fraction of sp³-hybridized carbons (Fsp3) is 0.600. The minimum absolute atomic E-state index is 0. The Hall–Kier alpha value is -0.580. The number of nitrogens with zero attached hydrogens (tertiary/aromatic N) is 2. The summed E-state index contributed by atoms with van der Waals surface area (Å²) in [5, 5.41) is 7.49. The topological polar surface area (TPSA) is 49.3 Å².